The van der Waals surface area contributed by atoms with Crippen LogP contribution in [-0.2, 0) is 22.7 Å². The molecule has 10 heteroatoms. The Morgan fingerprint density at radius 2 is 1.97 bits per heavy atom. The van der Waals surface area contributed by atoms with Crippen LogP contribution in [-0.4, -0.2) is 62.3 Å². The Morgan fingerprint density at radius 1 is 1.27 bits per heavy atom. The molecule has 4 amide bonds. The van der Waals surface area contributed by atoms with Gasteiger partial charge in [0.15, 0.2) is 0 Å². The first-order valence-corrected chi connectivity index (χ1v) is 11.1. The number of nitriles is 1. The predicted molar refractivity (Wildman–Crippen MR) is 120 cm³/mol. The van der Waals surface area contributed by atoms with Crippen LogP contribution in [0.2, 0.25) is 0 Å². The molecule has 0 saturated carbocycles. The van der Waals surface area contributed by atoms with E-state index in [1.807, 2.05) is 16.7 Å². The Bertz CT molecular complexity index is 1160. The van der Waals surface area contributed by atoms with Gasteiger partial charge < -0.3 is 14.8 Å². The fourth-order valence-corrected chi connectivity index (χ4v) is 4.80. The number of aromatic nitrogens is 3. The van der Waals surface area contributed by atoms with Gasteiger partial charge in [-0.3, -0.25) is 14.5 Å². The van der Waals surface area contributed by atoms with Crippen LogP contribution in [0.4, 0.5) is 4.79 Å². The third-order valence-corrected chi connectivity index (χ3v) is 6.48. The van der Waals surface area contributed by atoms with Crippen molar-refractivity contribution in [3.63, 3.8) is 0 Å². The number of imide groups is 1. The molecule has 0 radical (unpaired) electrons. The van der Waals surface area contributed by atoms with Crippen LogP contribution in [0.15, 0.2) is 12.3 Å². The Morgan fingerprint density at radius 3 is 2.58 bits per heavy atom. The molecule has 0 atom stereocenters. The topological polar surface area (TPSA) is 124 Å². The number of piperidine rings is 1. The lowest BCUT2D eigenvalue weighted by Crippen LogP contribution is -2.48. The van der Waals surface area contributed by atoms with Crippen molar-refractivity contribution in [3.8, 4) is 6.07 Å². The van der Waals surface area contributed by atoms with Crippen LogP contribution in [0.1, 0.15) is 51.6 Å². The Labute approximate surface area is 192 Å². The second kappa shape index (κ2) is 8.14. The van der Waals surface area contributed by atoms with Crippen molar-refractivity contribution in [2.24, 2.45) is 10.8 Å². The number of rotatable bonds is 3. The first-order chi connectivity index (χ1) is 15.6. The lowest BCUT2D eigenvalue weighted by molar-refractivity contribution is -0.143. The van der Waals surface area contributed by atoms with Gasteiger partial charge in [0.1, 0.15) is 11.7 Å². The van der Waals surface area contributed by atoms with E-state index in [0.717, 1.165) is 11.1 Å². The standard InChI is InChI=1S/C23H29N7O3/c1-22(2,3)14-30-16(9-15-12-26-17(11-24)27-19(15)30)13-29-18(31)10-23(20(29)32)5-7-28(8-6-23)21(33)25-4/h9,12H,5-8,10,13-14H2,1-4H3,(H,25,33). The summed E-state index contributed by atoms with van der Waals surface area (Å²) in [5.41, 5.74) is 0.576. The average Bonchev–Trinajstić information content (AvgIpc) is 3.21. The third kappa shape index (κ3) is 4.15. The van der Waals surface area contributed by atoms with E-state index in [4.69, 9.17) is 0 Å². The molecule has 0 unspecified atom stereocenters. The number of carbonyl (C=O) groups excluding carboxylic acids is 3. The van der Waals surface area contributed by atoms with Gasteiger partial charge in [-0.25, -0.2) is 14.8 Å². The molecule has 2 saturated heterocycles. The minimum atomic E-state index is -0.740. The molecular formula is C23H29N7O3. The molecule has 0 bridgehead atoms. The van der Waals surface area contributed by atoms with E-state index < -0.39 is 5.41 Å². The van der Waals surface area contributed by atoms with E-state index >= 15 is 0 Å². The summed E-state index contributed by atoms with van der Waals surface area (Å²) in [6, 6.07) is 3.70. The number of amides is 4. The SMILES string of the molecule is CNC(=O)N1CCC2(CC1)CC(=O)N(Cc1cc3cnc(C#N)nc3n1CC(C)(C)C)C2=O. The van der Waals surface area contributed by atoms with Crippen molar-refractivity contribution in [1.82, 2.24) is 29.7 Å². The summed E-state index contributed by atoms with van der Waals surface area (Å²) in [6.45, 7) is 7.93. The number of hydrogen-bond donors (Lipinski definition) is 1. The van der Waals surface area contributed by atoms with Gasteiger partial charge >= 0.3 is 6.03 Å². The number of urea groups is 1. The van der Waals surface area contributed by atoms with Crippen LogP contribution in [0.25, 0.3) is 11.0 Å². The fraction of sp³-hybridized carbons (Fsp3) is 0.565. The monoisotopic (exact) mass is 451 g/mol. The highest BCUT2D eigenvalue weighted by molar-refractivity contribution is 6.06. The molecule has 4 heterocycles. The number of nitrogens with one attached hydrogen (secondary N) is 1. The first-order valence-electron chi connectivity index (χ1n) is 11.1. The van der Waals surface area contributed by atoms with E-state index in [1.54, 1.807) is 18.1 Å². The maximum Gasteiger partial charge on any atom is 0.317 e. The van der Waals surface area contributed by atoms with E-state index in [1.165, 1.54) is 4.90 Å². The minimum absolute atomic E-state index is 0.0810. The summed E-state index contributed by atoms with van der Waals surface area (Å²) in [7, 11) is 1.58. The molecule has 2 aliphatic heterocycles. The van der Waals surface area contributed by atoms with E-state index in [9.17, 15) is 19.6 Å². The molecule has 1 spiro atoms. The molecule has 1 N–H and O–H groups in total. The molecule has 10 nitrogen and oxygen atoms in total. The van der Waals surface area contributed by atoms with Crippen molar-refractivity contribution in [2.45, 2.75) is 53.1 Å². The van der Waals surface area contributed by atoms with Crippen molar-refractivity contribution in [2.75, 3.05) is 20.1 Å². The molecule has 174 valence electrons. The Balaban J connectivity index is 1.62. The minimum Gasteiger partial charge on any atom is -0.341 e. The summed E-state index contributed by atoms with van der Waals surface area (Å²) >= 11 is 0. The quantitative estimate of drug-likeness (QED) is 0.712. The normalized spacial score (nSPS) is 18.3. The number of hydrogen-bond acceptors (Lipinski definition) is 6. The molecular weight excluding hydrogens is 422 g/mol. The molecule has 2 aromatic rings. The van der Waals surface area contributed by atoms with Gasteiger partial charge in [-0.1, -0.05) is 20.8 Å². The average molecular weight is 452 g/mol. The summed E-state index contributed by atoms with van der Waals surface area (Å²) in [6.07, 6.45) is 2.73. The van der Waals surface area contributed by atoms with Gasteiger partial charge in [-0.05, 0) is 24.3 Å². The van der Waals surface area contributed by atoms with Gasteiger partial charge in [-0.15, -0.1) is 0 Å². The van der Waals surface area contributed by atoms with Gasteiger partial charge in [-0.2, -0.15) is 5.26 Å². The molecule has 2 fully saturated rings. The van der Waals surface area contributed by atoms with Crippen LogP contribution in [0.3, 0.4) is 0 Å². The van der Waals surface area contributed by atoms with Gasteiger partial charge in [0.05, 0.1) is 12.0 Å². The highest BCUT2D eigenvalue weighted by Crippen LogP contribution is 2.43. The Hall–Kier alpha value is -3.48. The molecule has 0 aliphatic carbocycles. The van der Waals surface area contributed by atoms with E-state index in [2.05, 4.69) is 36.1 Å². The maximum absolute atomic E-state index is 13.5. The zero-order chi connectivity index (χ0) is 24.0. The van der Waals surface area contributed by atoms with Crippen LogP contribution in [0.5, 0.6) is 0 Å². The predicted octanol–water partition coefficient (Wildman–Crippen LogP) is 2.03. The van der Waals surface area contributed by atoms with Crippen molar-refractivity contribution in [3.05, 3.63) is 23.8 Å². The summed E-state index contributed by atoms with van der Waals surface area (Å²) in [4.78, 5) is 49.8. The number of likely N-dealkylation sites (tertiary alicyclic amines) is 2. The smallest absolute Gasteiger partial charge is 0.317 e. The fourth-order valence-electron chi connectivity index (χ4n) is 4.80. The summed E-state index contributed by atoms with van der Waals surface area (Å²) in [5, 5.41) is 12.6. The first kappa shape index (κ1) is 22.7. The number of nitrogens with zero attached hydrogens (tertiary/aromatic N) is 6. The van der Waals surface area contributed by atoms with Crippen LogP contribution < -0.4 is 5.32 Å². The van der Waals surface area contributed by atoms with Gasteiger partial charge in [0, 0.05) is 50.4 Å². The second-order valence-electron chi connectivity index (χ2n) is 10.2. The molecule has 2 aliphatic rings. The molecule has 4 rings (SSSR count). The molecule has 0 aromatic carbocycles. The highest BCUT2D eigenvalue weighted by Gasteiger charge is 2.53. The zero-order valence-corrected chi connectivity index (χ0v) is 19.5. The summed E-state index contributed by atoms with van der Waals surface area (Å²) in [5.74, 6) is -0.275. The highest BCUT2D eigenvalue weighted by atomic mass is 16.2. The van der Waals surface area contributed by atoms with Crippen molar-refractivity contribution < 1.29 is 14.4 Å². The zero-order valence-electron chi connectivity index (χ0n) is 19.5. The van der Waals surface area contributed by atoms with Crippen molar-refractivity contribution in [1.29, 1.82) is 5.26 Å². The lowest BCUT2D eigenvalue weighted by atomic mass is 9.77. The molecule has 2 aromatic heterocycles. The van der Waals surface area contributed by atoms with Crippen molar-refractivity contribution >= 4 is 28.9 Å². The van der Waals surface area contributed by atoms with Gasteiger partial charge in [0.2, 0.25) is 17.6 Å². The lowest BCUT2D eigenvalue weighted by Gasteiger charge is -2.37. The summed E-state index contributed by atoms with van der Waals surface area (Å²) < 4.78 is 1.98. The van der Waals surface area contributed by atoms with Gasteiger partial charge in [0.25, 0.3) is 0 Å². The second-order valence-corrected chi connectivity index (χ2v) is 10.2. The largest absolute Gasteiger partial charge is 0.341 e. The maximum atomic E-state index is 13.5. The van der Waals surface area contributed by atoms with E-state index in [-0.39, 0.29) is 42.1 Å². The number of fused-ring (bicyclic) bond motifs is 1. The van der Waals surface area contributed by atoms with Crippen LogP contribution in [0, 0.1) is 22.2 Å². The van der Waals surface area contributed by atoms with Crippen LogP contribution >= 0.6 is 0 Å². The number of carbonyl (C=O) groups is 3. The molecule has 33 heavy (non-hydrogen) atoms. The van der Waals surface area contributed by atoms with E-state index in [0.29, 0.717) is 38.1 Å². The third-order valence-electron chi connectivity index (χ3n) is 6.48. The Kier molecular flexibility index (Phi) is 5.60.